The van der Waals surface area contributed by atoms with Crippen molar-refractivity contribution in [2.24, 2.45) is 5.41 Å². The molecule has 0 N–H and O–H groups in total. The molecule has 1 aromatic carbocycles. The Balaban J connectivity index is 2.91. The summed E-state index contributed by atoms with van der Waals surface area (Å²) in [4.78, 5) is 0. The van der Waals surface area contributed by atoms with Crippen LogP contribution in [0.1, 0.15) is 33.3 Å². The van der Waals surface area contributed by atoms with Crippen molar-refractivity contribution >= 4 is 0 Å². The lowest BCUT2D eigenvalue weighted by Gasteiger charge is -2.35. The van der Waals surface area contributed by atoms with Crippen LogP contribution in [0.25, 0.3) is 0 Å². The monoisotopic (exact) mass is 339 g/mol. The fourth-order valence-corrected chi connectivity index (χ4v) is 3.19. The summed E-state index contributed by atoms with van der Waals surface area (Å²) in [7, 11) is 0. The third kappa shape index (κ3) is 2.97. The maximum Gasteiger partial charge on any atom is 0.172 e. The van der Waals surface area contributed by atoms with Crippen LogP contribution in [-0.2, 0) is 10.3 Å². The number of nitrogens with zero attached hydrogens (tertiary/aromatic N) is 3. The summed E-state index contributed by atoms with van der Waals surface area (Å²) in [5.74, 6) is -1.74. The Morgan fingerprint density at radius 1 is 1.04 bits per heavy atom. The van der Waals surface area contributed by atoms with Gasteiger partial charge >= 0.3 is 0 Å². The first-order chi connectivity index (χ1) is 11.6. The van der Waals surface area contributed by atoms with Crippen LogP contribution in [0.15, 0.2) is 40.7 Å². The Hall–Kier alpha value is -3.17. The molecule has 1 aromatic rings. The normalized spacial score (nSPS) is 19.7. The van der Waals surface area contributed by atoms with Crippen molar-refractivity contribution in [1.82, 2.24) is 0 Å². The molecular formula is C19H15F2N3O. The first-order valence-corrected chi connectivity index (χ1v) is 7.44. The zero-order valence-corrected chi connectivity index (χ0v) is 14.2. The third-order valence-corrected chi connectivity index (χ3v) is 3.99. The SMILES string of the molecule is CC(C)(C)C1=C(C#N)C(=C(C#N)C#N)OC1(C)c1cc(F)cc(F)c1. The number of ether oxygens (including phenoxy) is 1. The summed E-state index contributed by atoms with van der Waals surface area (Å²) in [5.41, 5.74) is -1.73. The van der Waals surface area contributed by atoms with Gasteiger partial charge in [0.1, 0.15) is 35.4 Å². The molecule has 1 unspecified atom stereocenters. The molecule has 0 bridgehead atoms. The molecule has 126 valence electrons. The van der Waals surface area contributed by atoms with Gasteiger partial charge < -0.3 is 4.74 Å². The Kier molecular flexibility index (Phi) is 4.39. The summed E-state index contributed by atoms with van der Waals surface area (Å²) in [6, 6.07) is 8.35. The molecule has 0 spiro atoms. The number of nitriles is 3. The van der Waals surface area contributed by atoms with Gasteiger partial charge in [0.25, 0.3) is 0 Å². The summed E-state index contributed by atoms with van der Waals surface area (Å²) in [6.45, 7) is 7.02. The maximum atomic E-state index is 13.7. The van der Waals surface area contributed by atoms with E-state index in [1.165, 1.54) is 0 Å². The van der Waals surface area contributed by atoms with E-state index in [0.29, 0.717) is 5.57 Å². The predicted octanol–water partition coefficient (Wildman–Crippen LogP) is 4.38. The van der Waals surface area contributed by atoms with Gasteiger partial charge in [0.2, 0.25) is 0 Å². The summed E-state index contributed by atoms with van der Waals surface area (Å²) in [6.07, 6.45) is 0. The maximum absolute atomic E-state index is 13.7. The minimum atomic E-state index is -1.39. The van der Waals surface area contributed by atoms with E-state index < -0.39 is 22.7 Å². The molecule has 0 saturated carbocycles. The molecule has 1 aliphatic rings. The van der Waals surface area contributed by atoms with Crippen LogP contribution in [0.4, 0.5) is 8.78 Å². The van der Waals surface area contributed by atoms with Gasteiger partial charge in [-0.2, -0.15) is 15.8 Å². The van der Waals surface area contributed by atoms with Crippen LogP contribution < -0.4 is 0 Å². The minimum Gasteiger partial charge on any atom is -0.475 e. The Morgan fingerprint density at radius 2 is 1.56 bits per heavy atom. The van der Waals surface area contributed by atoms with Gasteiger partial charge in [-0.3, -0.25) is 0 Å². The average molecular weight is 339 g/mol. The van der Waals surface area contributed by atoms with Gasteiger partial charge in [-0.25, -0.2) is 8.78 Å². The van der Waals surface area contributed by atoms with E-state index in [2.05, 4.69) is 0 Å². The first kappa shape index (κ1) is 18.2. The van der Waals surface area contributed by atoms with Crippen molar-refractivity contribution < 1.29 is 13.5 Å². The first-order valence-electron chi connectivity index (χ1n) is 7.44. The van der Waals surface area contributed by atoms with E-state index >= 15 is 0 Å². The van der Waals surface area contributed by atoms with E-state index in [-0.39, 0.29) is 22.5 Å². The molecule has 6 heteroatoms. The van der Waals surface area contributed by atoms with Gasteiger partial charge in [0.15, 0.2) is 16.9 Å². The number of rotatable bonds is 1. The molecule has 1 atom stereocenters. The van der Waals surface area contributed by atoms with Crippen molar-refractivity contribution in [3.8, 4) is 18.2 Å². The second-order valence-electron chi connectivity index (χ2n) is 6.83. The van der Waals surface area contributed by atoms with Crippen molar-refractivity contribution in [2.75, 3.05) is 0 Å². The fraction of sp³-hybridized carbons (Fsp3) is 0.316. The third-order valence-electron chi connectivity index (χ3n) is 3.99. The number of allylic oxidation sites excluding steroid dienone is 2. The lowest BCUT2D eigenvalue weighted by Crippen LogP contribution is -2.31. The summed E-state index contributed by atoms with van der Waals surface area (Å²) in [5, 5.41) is 27.9. The molecule has 25 heavy (non-hydrogen) atoms. The van der Waals surface area contributed by atoms with Crippen LogP contribution >= 0.6 is 0 Å². The standard InChI is InChI=1S/C19H15F2N3O/c1-18(2,3)17-15(10-24)16(11(8-22)9-23)25-19(17,4)12-5-13(20)7-14(21)6-12/h5-7H,1-4H3. The summed E-state index contributed by atoms with van der Waals surface area (Å²) < 4.78 is 33.3. The number of halogens is 2. The van der Waals surface area contributed by atoms with Crippen LogP contribution in [0.5, 0.6) is 0 Å². The topological polar surface area (TPSA) is 80.6 Å². The molecule has 1 aliphatic heterocycles. The molecule has 0 radical (unpaired) electrons. The molecule has 1 heterocycles. The van der Waals surface area contributed by atoms with Crippen LogP contribution in [-0.4, -0.2) is 0 Å². The highest BCUT2D eigenvalue weighted by molar-refractivity contribution is 5.60. The highest BCUT2D eigenvalue weighted by Crippen LogP contribution is 2.53. The van der Waals surface area contributed by atoms with Crippen molar-refractivity contribution in [1.29, 1.82) is 15.8 Å². The Bertz CT molecular complexity index is 897. The number of benzene rings is 1. The van der Waals surface area contributed by atoms with Crippen molar-refractivity contribution in [3.63, 3.8) is 0 Å². The minimum absolute atomic E-state index is 0.0396. The van der Waals surface area contributed by atoms with Gasteiger partial charge in [0.05, 0.1) is 0 Å². The molecule has 0 fully saturated rings. The Labute approximate surface area is 144 Å². The highest BCUT2D eigenvalue weighted by atomic mass is 19.1. The lowest BCUT2D eigenvalue weighted by atomic mass is 9.72. The van der Waals surface area contributed by atoms with Crippen LogP contribution in [0.3, 0.4) is 0 Å². The molecular weight excluding hydrogens is 324 g/mol. The van der Waals surface area contributed by atoms with Crippen LogP contribution in [0, 0.1) is 51.0 Å². The van der Waals surface area contributed by atoms with E-state index in [1.807, 2.05) is 26.8 Å². The largest absolute Gasteiger partial charge is 0.475 e. The second-order valence-corrected chi connectivity index (χ2v) is 6.83. The van der Waals surface area contributed by atoms with Crippen LogP contribution in [0.2, 0.25) is 0 Å². The second kappa shape index (κ2) is 6.04. The smallest absolute Gasteiger partial charge is 0.172 e. The molecule has 4 nitrogen and oxygen atoms in total. The predicted molar refractivity (Wildman–Crippen MR) is 85.1 cm³/mol. The van der Waals surface area contributed by atoms with Gasteiger partial charge in [-0.1, -0.05) is 20.8 Å². The molecule has 0 aromatic heterocycles. The van der Waals surface area contributed by atoms with E-state index in [1.54, 1.807) is 19.1 Å². The Morgan fingerprint density at radius 3 is 1.96 bits per heavy atom. The zero-order valence-electron chi connectivity index (χ0n) is 14.2. The molecule has 0 amide bonds. The molecule has 0 aliphatic carbocycles. The molecule has 2 rings (SSSR count). The number of hydrogen-bond acceptors (Lipinski definition) is 4. The lowest BCUT2D eigenvalue weighted by molar-refractivity contribution is 0.0579. The van der Waals surface area contributed by atoms with E-state index in [9.17, 15) is 14.0 Å². The van der Waals surface area contributed by atoms with Crippen molar-refractivity contribution in [3.05, 3.63) is 57.9 Å². The van der Waals surface area contributed by atoms with Gasteiger partial charge in [0, 0.05) is 17.2 Å². The summed E-state index contributed by atoms with van der Waals surface area (Å²) >= 11 is 0. The van der Waals surface area contributed by atoms with Gasteiger partial charge in [-0.15, -0.1) is 0 Å². The van der Waals surface area contributed by atoms with E-state index in [0.717, 1.165) is 18.2 Å². The fourth-order valence-electron chi connectivity index (χ4n) is 3.19. The quantitative estimate of drug-likeness (QED) is 0.711. The van der Waals surface area contributed by atoms with Crippen molar-refractivity contribution in [2.45, 2.75) is 33.3 Å². The van der Waals surface area contributed by atoms with E-state index in [4.69, 9.17) is 15.3 Å². The molecule has 0 saturated heterocycles. The van der Waals surface area contributed by atoms with Gasteiger partial charge in [-0.05, 0) is 24.5 Å². The number of hydrogen-bond donors (Lipinski definition) is 0. The average Bonchev–Trinajstić information content (AvgIpc) is 2.81. The highest BCUT2D eigenvalue weighted by Gasteiger charge is 2.49. The zero-order chi connectivity index (χ0) is 19.0.